The van der Waals surface area contributed by atoms with Gasteiger partial charge in [-0.15, -0.1) is 23.1 Å². The molecule has 25 heavy (non-hydrogen) atoms. The molecule has 6 heteroatoms. The highest BCUT2D eigenvalue weighted by Crippen LogP contribution is 2.30. The highest BCUT2D eigenvalue weighted by Gasteiger charge is 2.14. The van der Waals surface area contributed by atoms with Gasteiger partial charge in [0.15, 0.2) is 0 Å². The number of hydrogen-bond acceptors (Lipinski definition) is 5. The lowest BCUT2D eigenvalue weighted by Gasteiger charge is -2.04. The SMILES string of the molecule is Cc1ccsc1-c1nc(CSCC(=O)NCc2ccccc2)c(C)o1. The molecule has 4 nitrogen and oxygen atoms in total. The summed E-state index contributed by atoms with van der Waals surface area (Å²) in [6.45, 7) is 4.53. The summed E-state index contributed by atoms with van der Waals surface area (Å²) in [6, 6.07) is 12.0. The molecular weight excluding hydrogens is 352 g/mol. The predicted octanol–water partition coefficient (Wildman–Crippen LogP) is 4.57. The van der Waals surface area contributed by atoms with Gasteiger partial charge in [0.1, 0.15) is 5.76 Å². The summed E-state index contributed by atoms with van der Waals surface area (Å²) in [7, 11) is 0. The molecule has 3 rings (SSSR count). The highest BCUT2D eigenvalue weighted by molar-refractivity contribution is 7.99. The van der Waals surface area contributed by atoms with E-state index in [1.54, 1.807) is 23.1 Å². The van der Waals surface area contributed by atoms with Crippen LogP contribution in [0.15, 0.2) is 46.2 Å². The summed E-state index contributed by atoms with van der Waals surface area (Å²) < 4.78 is 5.79. The van der Waals surface area contributed by atoms with E-state index in [0.29, 0.717) is 23.9 Å². The monoisotopic (exact) mass is 372 g/mol. The van der Waals surface area contributed by atoms with E-state index >= 15 is 0 Å². The first kappa shape index (κ1) is 17.8. The van der Waals surface area contributed by atoms with Crippen LogP contribution in [0.1, 0.15) is 22.6 Å². The lowest BCUT2D eigenvalue weighted by molar-refractivity contribution is -0.118. The maximum Gasteiger partial charge on any atom is 0.237 e. The molecule has 3 aromatic rings. The molecule has 2 aromatic heterocycles. The first-order valence-corrected chi connectivity index (χ1v) is 10.1. The van der Waals surface area contributed by atoms with Crippen LogP contribution in [-0.4, -0.2) is 16.6 Å². The van der Waals surface area contributed by atoms with E-state index in [-0.39, 0.29) is 5.91 Å². The Morgan fingerprint density at radius 1 is 1.24 bits per heavy atom. The van der Waals surface area contributed by atoms with Gasteiger partial charge in [0.25, 0.3) is 0 Å². The predicted molar refractivity (Wildman–Crippen MR) is 104 cm³/mol. The van der Waals surface area contributed by atoms with Gasteiger partial charge in [0.05, 0.1) is 16.3 Å². The van der Waals surface area contributed by atoms with Crippen molar-refractivity contribution in [3.05, 3.63) is 64.4 Å². The molecule has 0 aliphatic rings. The maximum atomic E-state index is 12.0. The fourth-order valence-corrected chi connectivity index (χ4v) is 4.04. The number of hydrogen-bond donors (Lipinski definition) is 1. The number of carbonyl (C=O) groups is 1. The zero-order valence-corrected chi connectivity index (χ0v) is 15.9. The lowest BCUT2D eigenvalue weighted by Crippen LogP contribution is -2.24. The van der Waals surface area contributed by atoms with Crippen molar-refractivity contribution in [1.29, 1.82) is 0 Å². The number of aromatic nitrogens is 1. The number of oxazole rings is 1. The van der Waals surface area contributed by atoms with Crippen LogP contribution in [0, 0.1) is 13.8 Å². The average Bonchev–Trinajstić information content (AvgIpc) is 3.20. The summed E-state index contributed by atoms with van der Waals surface area (Å²) in [5.74, 6) is 2.60. The number of thiophene rings is 1. The molecule has 1 amide bonds. The molecule has 0 bridgehead atoms. The van der Waals surface area contributed by atoms with Crippen LogP contribution >= 0.6 is 23.1 Å². The maximum absolute atomic E-state index is 12.0. The fourth-order valence-electron chi connectivity index (χ4n) is 2.34. The van der Waals surface area contributed by atoms with Crippen molar-refractivity contribution in [2.75, 3.05) is 5.75 Å². The zero-order valence-electron chi connectivity index (χ0n) is 14.2. The third kappa shape index (κ3) is 4.74. The third-order valence-electron chi connectivity index (χ3n) is 3.75. The smallest absolute Gasteiger partial charge is 0.237 e. The van der Waals surface area contributed by atoms with Crippen molar-refractivity contribution < 1.29 is 9.21 Å². The molecule has 0 spiro atoms. The van der Waals surface area contributed by atoms with E-state index in [2.05, 4.69) is 23.3 Å². The summed E-state index contributed by atoms with van der Waals surface area (Å²) >= 11 is 3.18. The van der Waals surface area contributed by atoms with Crippen molar-refractivity contribution in [3.8, 4) is 10.8 Å². The second kappa shape index (κ2) is 8.36. The Hall–Kier alpha value is -2.05. The Labute approximate surface area is 155 Å². The Morgan fingerprint density at radius 2 is 2.04 bits per heavy atom. The van der Waals surface area contributed by atoms with Crippen molar-refractivity contribution in [1.82, 2.24) is 10.3 Å². The minimum atomic E-state index is 0.0318. The Bertz CT molecular complexity index is 840. The molecule has 0 aliphatic carbocycles. The molecule has 2 heterocycles. The van der Waals surface area contributed by atoms with Gasteiger partial charge in [0.2, 0.25) is 11.8 Å². The molecule has 1 aromatic carbocycles. The van der Waals surface area contributed by atoms with E-state index in [4.69, 9.17) is 4.42 Å². The van der Waals surface area contributed by atoms with E-state index in [1.807, 2.05) is 42.6 Å². The number of aryl methyl sites for hydroxylation is 2. The Morgan fingerprint density at radius 3 is 2.76 bits per heavy atom. The topological polar surface area (TPSA) is 55.1 Å². The molecular formula is C19H20N2O2S2. The fraction of sp³-hybridized carbons (Fsp3) is 0.263. The molecule has 1 N–H and O–H groups in total. The number of carbonyl (C=O) groups excluding carboxylic acids is 1. The van der Waals surface area contributed by atoms with Crippen LogP contribution in [0.25, 0.3) is 10.8 Å². The van der Waals surface area contributed by atoms with Gasteiger partial charge < -0.3 is 9.73 Å². The van der Waals surface area contributed by atoms with Crippen LogP contribution in [0.4, 0.5) is 0 Å². The quantitative estimate of drug-likeness (QED) is 0.660. The van der Waals surface area contributed by atoms with Crippen LogP contribution in [-0.2, 0) is 17.1 Å². The minimum Gasteiger partial charge on any atom is -0.440 e. The molecule has 0 aliphatic heterocycles. The molecule has 0 saturated carbocycles. The van der Waals surface area contributed by atoms with Gasteiger partial charge in [-0.1, -0.05) is 30.3 Å². The normalized spacial score (nSPS) is 10.8. The van der Waals surface area contributed by atoms with E-state index in [1.165, 1.54) is 5.56 Å². The van der Waals surface area contributed by atoms with E-state index < -0.39 is 0 Å². The molecule has 0 unspecified atom stereocenters. The van der Waals surface area contributed by atoms with Crippen LogP contribution in [0.2, 0.25) is 0 Å². The van der Waals surface area contributed by atoms with Gasteiger partial charge in [-0.3, -0.25) is 4.79 Å². The summed E-state index contributed by atoms with van der Waals surface area (Å²) in [6.07, 6.45) is 0. The molecule has 0 saturated heterocycles. The summed E-state index contributed by atoms with van der Waals surface area (Å²) in [5, 5.41) is 4.97. The van der Waals surface area contributed by atoms with Crippen LogP contribution < -0.4 is 5.32 Å². The minimum absolute atomic E-state index is 0.0318. The second-order valence-corrected chi connectivity index (χ2v) is 7.61. The number of benzene rings is 1. The molecule has 0 atom stereocenters. The molecule has 0 radical (unpaired) electrons. The van der Waals surface area contributed by atoms with Crippen molar-refractivity contribution in [3.63, 3.8) is 0 Å². The Kier molecular flexibility index (Phi) is 5.94. The molecule has 130 valence electrons. The lowest BCUT2D eigenvalue weighted by atomic mass is 10.2. The molecule has 0 fully saturated rings. The first-order chi connectivity index (χ1) is 12.1. The zero-order chi connectivity index (χ0) is 17.6. The summed E-state index contributed by atoms with van der Waals surface area (Å²) in [4.78, 5) is 17.6. The average molecular weight is 373 g/mol. The van der Waals surface area contributed by atoms with E-state index in [9.17, 15) is 4.79 Å². The van der Waals surface area contributed by atoms with Gasteiger partial charge in [0, 0.05) is 12.3 Å². The van der Waals surface area contributed by atoms with Crippen molar-refractivity contribution >= 4 is 29.0 Å². The van der Waals surface area contributed by atoms with Gasteiger partial charge in [-0.2, -0.15) is 0 Å². The van der Waals surface area contributed by atoms with Gasteiger partial charge >= 0.3 is 0 Å². The van der Waals surface area contributed by atoms with Crippen LogP contribution in [0.3, 0.4) is 0 Å². The second-order valence-electron chi connectivity index (χ2n) is 5.71. The largest absolute Gasteiger partial charge is 0.440 e. The number of thioether (sulfide) groups is 1. The van der Waals surface area contributed by atoms with E-state index in [0.717, 1.165) is 21.9 Å². The number of nitrogens with zero attached hydrogens (tertiary/aromatic N) is 1. The summed E-state index contributed by atoms with van der Waals surface area (Å²) in [5.41, 5.74) is 3.18. The van der Waals surface area contributed by atoms with Gasteiger partial charge in [-0.25, -0.2) is 4.98 Å². The number of amides is 1. The van der Waals surface area contributed by atoms with Crippen molar-refractivity contribution in [2.45, 2.75) is 26.1 Å². The Balaban J connectivity index is 1.48. The third-order valence-corrected chi connectivity index (χ3v) is 5.70. The van der Waals surface area contributed by atoms with Gasteiger partial charge in [-0.05, 0) is 36.4 Å². The highest BCUT2D eigenvalue weighted by atomic mass is 32.2. The van der Waals surface area contributed by atoms with Crippen molar-refractivity contribution in [2.24, 2.45) is 0 Å². The van der Waals surface area contributed by atoms with Crippen LogP contribution in [0.5, 0.6) is 0 Å². The number of nitrogens with one attached hydrogen (secondary N) is 1. The standard InChI is InChI=1S/C19H20N2O2S2/c1-13-8-9-25-18(13)19-21-16(14(2)23-19)11-24-12-17(22)20-10-15-6-4-3-5-7-15/h3-9H,10-12H2,1-2H3,(H,20,22). The number of rotatable bonds is 7. The first-order valence-electron chi connectivity index (χ1n) is 8.02.